The molecule has 1 aromatic heterocycles. The maximum atomic E-state index is 4.57. The number of aryl methyl sites for hydroxylation is 1. The van der Waals surface area contributed by atoms with Crippen LogP contribution in [0.2, 0.25) is 0 Å². The number of unbranched alkanes of at least 4 members (excludes halogenated alkanes) is 1. The van der Waals surface area contributed by atoms with Crippen molar-refractivity contribution in [3.05, 3.63) is 36.0 Å². The smallest absolute Gasteiger partial charge is 0.229 e. The molecule has 1 saturated heterocycles. The molecule has 0 aliphatic carbocycles. The molecule has 2 aromatic rings. The van der Waals surface area contributed by atoms with Crippen molar-refractivity contribution < 1.29 is 0 Å². The van der Waals surface area contributed by atoms with Crippen LogP contribution in [-0.4, -0.2) is 29.6 Å². The first-order valence-electron chi connectivity index (χ1n) is 9.46. The van der Waals surface area contributed by atoms with E-state index in [4.69, 9.17) is 0 Å². The van der Waals surface area contributed by atoms with Crippen molar-refractivity contribution in [1.82, 2.24) is 9.97 Å². The monoisotopic (exact) mass is 339 g/mol. The summed E-state index contributed by atoms with van der Waals surface area (Å²) in [5, 5.41) is 6.69. The van der Waals surface area contributed by atoms with Crippen LogP contribution in [0, 0.1) is 6.92 Å². The van der Waals surface area contributed by atoms with Crippen LogP contribution in [0.25, 0.3) is 0 Å². The normalized spacial score (nSPS) is 14.4. The van der Waals surface area contributed by atoms with Crippen molar-refractivity contribution in [2.45, 2.75) is 46.0 Å². The highest BCUT2D eigenvalue weighted by atomic mass is 15.1. The van der Waals surface area contributed by atoms with E-state index in [1.807, 2.05) is 13.0 Å². The molecule has 0 bridgehead atoms. The predicted octanol–water partition coefficient (Wildman–Crippen LogP) is 4.73. The number of benzene rings is 1. The van der Waals surface area contributed by atoms with Crippen LogP contribution in [0.15, 0.2) is 30.3 Å². The van der Waals surface area contributed by atoms with Gasteiger partial charge in [0.1, 0.15) is 5.82 Å². The van der Waals surface area contributed by atoms with Gasteiger partial charge in [-0.05, 0) is 56.9 Å². The molecule has 0 radical (unpaired) electrons. The minimum atomic E-state index is 0.643. The van der Waals surface area contributed by atoms with Gasteiger partial charge >= 0.3 is 0 Å². The van der Waals surface area contributed by atoms with Gasteiger partial charge in [0.15, 0.2) is 0 Å². The minimum absolute atomic E-state index is 0.643. The Balaban J connectivity index is 1.65. The van der Waals surface area contributed by atoms with Crippen molar-refractivity contribution in [2.24, 2.45) is 0 Å². The lowest BCUT2D eigenvalue weighted by Crippen LogP contribution is -2.29. The summed E-state index contributed by atoms with van der Waals surface area (Å²) in [4.78, 5) is 11.5. The van der Waals surface area contributed by atoms with E-state index in [9.17, 15) is 0 Å². The van der Waals surface area contributed by atoms with Crippen molar-refractivity contribution >= 4 is 23.1 Å². The maximum Gasteiger partial charge on any atom is 0.229 e. The molecule has 0 atom stereocenters. The van der Waals surface area contributed by atoms with Gasteiger partial charge in [-0.15, -0.1) is 0 Å². The Labute approximate surface area is 150 Å². The lowest BCUT2D eigenvalue weighted by atomic mass is 10.1. The van der Waals surface area contributed by atoms with Gasteiger partial charge in [-0.25, -0.2) is 4.98 Å². The maximum absolute atomic E-state index is 4.57. The SMILES string of the molecule is CCCCNc1cc(C)nc(Nc2ccc(N3CCCCC3)cc2)n1. The lowest BCUT2D eigenvalue weighted by Gasteiger charge is -2.28. The average molecular weight is 339 g/mol. The average Bonchev–Trinajstić information content (AvgIpc) is 2.63. The quantitative estimate of drug-likeness (QED) is 0.714. The Morgan fingerprint density at radius 3 is 2.52 bits per heavy atom. The molecule has 0 saturated carbocycles. The van der Waals surface area contributed by atoms with Crippen molar-refractivity contribution in [3.63, 3.8) is 0 Å². The van der Waals surface area contributed by atoms with Crippen LogP contribution in [0.5, 0.6) is 0 Å². The standard InChI is InChI=1S/C20H29N5/c1-3-4-12-21-19-15-16(2)22-20(24-19)23-17-8-10-18(11-9-17)25-13-6-5-7-14-25/h8-11,15H,3-7,12-14H2,1-2H3,(H2,21,22,23,24). The van der Waals surface area contributed by atoms with E-state index >= 15 is 0 Å². The molecule has 25 heavy (non-hydrogen) atoms. The van der Waals surface area contributed by atoms with Gasteiger partial charge in [0, 0.05) is 42.8 Å². The summed E-state index contributed by atoms with van der Waals surface area (Å²) >= 11 is 0. The van der Waals surface area contributed by atoms with Crippen molar-refractivity contribution in [3.8, 4) is 0 Å². The Kier molecular flexibility index (Phi) is 6.09. The summed E-state index contributed by atoms with van der Waals surface area (Å²) in [6.07, 6.45) is 6.26. The highest BCUT2D eigenvalue weighted by molar-refractivity contribution is 5.60. The molecule has 5 nitrogen and oxygen atoms in total. The fourth-order valence-electron chi connectivity index (χ4n) is 3.15. The zero-order chi connectivity index (χ0) is 17.5. The summed E-state index contributed by atoms with van der Waals surface area (Å²) in [6.45, 7) is 7.46. The fourth-order valence-corrected chi connectivity index (χ4v) is 3.15. The summed E-state index contributed by atoms with van der Waals surface area (Å²) < 4.78 is 0. The molecule has 1 aliphatic rings. The minimum Gasteiger partial charge on any atom is -0.372 e. The van der Waals surface area contributed by atoms with Gasteiger partial charge in [0.05, 0.1) is 0 Å². The molecule has 0 amide bonds. The number of nitrogens with zero attached hydrogens (tertiary/aromatic N) is 3. The van der Waals surface area contributed by atoms with Crippen molar-refractivity contribution in [2.75, 3.05) is 35.2 Å². The third kappa shape index (κ3) is 5.08. The largest absolute Gasteiger partial charge is 0.372 e. The van der Waals surface area contributed by atoms with Crippen molar-refractivity contribution in [1.29, 1.82) is 0 Å². The zero-order valence-corrected chi connectivity index (χ0v) is 15.4. The molecule has 2 N–H and O–H groups in total. The van der Waals surface area contributed by atoms with E-state index in [2.05, 4.69) is 56.7 Å². The molecule has 0 unspecified atom stereocenters. The van der Waals surface area contributed by atoms with E-state index in [0.29, 0.717) is 5.95 Å². The predicted molar refractivity (Wildman–Crippen MR) is 106 cm³/mol. The summed E-state index contributed by atoms with van der Waals surface area (Å²) in [7, 11) is 0. The van der Waals surface area contributed by atoms with Crippen LogP contribution in [0.3, 0.4) is 0 Å². The third-order valence-electron chi connectivity index (χ3n) is 4.54. The van der Waals surface area contributed by atoms with E-state index < -0.39 is 0 Å². The summed E-state index contributed by atoms with van der Waals surface area (Å²) in [5.74, 6) is 1.53. The number of piperidine rings is 1. The van der Waals surface area contributed by atoms with Gasteiger partial charge in [0.2, 0.25) is 5.95 Å². The third-order valence-corrected chi connectivity index (χ3v) is 4.54. The molecule has 2 heterocycles. The molecular weight excluding hydrogens is 310 g/mol. The highest BCUT2D eigenvalue weighted by Crippen LogP contribution is 2.23. The van der Waals surface area contributed by atoms with Gasteiger partial charge in [-0.2, -0.15) is 4.98 Å². The van der Waals surface area contributed by atoms with E-state index in [-0.39, 0.29) is 0 Å². The second-order valence-corrected chi connectivity index (χ2v) is 6.72. The summed E-state index contributed by atoms with van der Waals surface area (Å²) in [5.41, 5.74) is 3.28. The second-order valence-electron chi connectivity index (χ2n) is 6.72. The van der Waals surface area contributed by atoms with E-state index in [0.717, 1.165) is 30.2 Å². The van der Waals surface area contributed by atoms with Crippen LogP contribution in [-0.2, 0) is 0 Å². The molecule has 3 rings (SSSR count). The Hall–Kier alpha value is -2.30. The van der Waals surface area contributed by atoms with Crippen LogP contribution in [0.1, 0.15) is 44.7 Å². The Morgan fingerprint density at radius 1 is 1.04 bits per heavy atom. The lowest BCUT2D eigenvalue weighted by molar-refractivity contribution is 0.578. The number of nitrogens with one attached hydrogen (secondary N) is 2. The number of hydrogen-bond acceptors (Lipinski definition) is 5. The van der Waals surface area contributed by atoms with Gasteiger partial charge in [-0.1, -0.05) is 13.3 Å². The zero-order valence-electron chi connectivity index (χ0n) is 15.4. The number of anilines is 4. The summed E-state index contributed by atoms with van der Waals surface area (Å²) in [6, 6.07) is 10.6. The molecule has 134 valence electrons. The van der Waals surface area contributed by atoms with E-state index in [1.165, 1.54) is 44.5 Å². The molecule has 1 aliphatic heterocycles. The molecule has 1 aromatic carbocycles. The van der Waals surface area contributed by atoms with Crippen LogP contribution < -0.4 is 15.5 Å². The Morgan fingerprint density at radius 2 is 1.80 bits per heavy atom. The first-order valence-corrected chi connectivity index (χ1v) is 9.46. The highest BCUT2D eigenvalue weighted by Gasteiger charge is 2.10. The fraction of sp³-hybridized carbons (Fsp3) is 0.500. The first-order chi connectivity index (χ1) is 12.2. The van der Waals surface area contributed by atoms with Crippen LogP contribution in [0.4, 0.5) is 23.1 Å². The van der Waals surface area contributed by atoms with Crippen LogP contribution >= 0.6 is 0 Å². The molecule has 0 spiro atoms. The van der Waals surface area contributed by atoms with Gasteiger partial charge in [-0.3, -0.25) is 0 Å². The van der Waals surface area contributed by atoms with Gasteiger partial charge < -0.3 is 15.5 Å². The second kappa shape index (κ2) is 8.70. The molecule has 1 fully saturated rings. The Bertz CT molecular complexity index is 662. The first kappa shape index (κ1) is 17.5. The van der Waals surface area contributed by atoms with Gasteiger partial charge in [0.25, 0.3) is 0 Å². The topological polar surface area (TPSA) is 53.1 Å². The molecular formula is C20H29N5. The number of aromatic nitrogens is 2. The molecule has 5 heteroatoms. The van der Waals surface area contributed by atoms with E-state index in [1.54, 1.807) is 0 Å². The number of rotatable bonds is 7. The number of hydrogen-bond donors (Lipinski definition) is 2.